The minimum Gasteiger partial charge on any atom is -0.507 e. The number of carbonyl (C=O) groups is 2. The fraction of sp³-hybridized carbons (Fsp3) is 0.143. The minimum atomic E-state index is -0.987. The lowest BCUT2D eigenvalue weighted by Gasteiger charge is -2.21. The maximum atomic E-state index is 12.5. The number of likely N-dealkylation sites (N-methyl/N-ethyl adjacent to an activating group) is 1. The molecule has 0 unspecified atom stereocenters. The van der Waals surface area contributed by atoms with Gasteiger partial charge in [0, 0.05) is 12.7 Å². The average molecular weight is 349 g/mol. The molecule has 5 nitrogen and oxygen atoms in total. The highest BCUT2D eigenvalue weighted by Crippen LogP contribution is 2.26. The van der Waals surface area contributed by atoms with Crippen molar-refractivity contribution in [1.82, 2.24) is 0 Å². The molecule has 3 aromatic rings. The van der Waals surface area contributed by atoms with Gasteiger partial charge in [-0.3, -0.25) is 4.79 Å². The lowest BCUT2D eigenvalue weighted by atomic mass is 10.1. The quantitative estimate of drug-likeness (QED) is 0.729. The van der Waals surface area contributed by atoms with Crippen molar-refractivity contribution < 1.29 is 19.4 Å². The number of aromatic hydroxyl groups is 1. The first kappa shape index (κ1) is 17.5. The fourth-order valence-electron chi connectivity index (χ4n) is 2.72. The van der Waals surface area contributed by atoms with Crippen molar-refractivity contribution in [3.05, 3.63) is 72.3 Å². The van der Waals surface area contributed by atoms with Crippen LogP contribution >= 0.6 is 0 Å². The molecule has 0 saturated carbocycles. The smallest absolute Gasteiger partial charge is 0.342 e. The third-order valence-electron chi connectivity index (χ3n) is 4.19. The van der Waals surface area contributed by atoms with Crippen molar-refractivity contribution in [2.24, 2.45) is 0 Å². The van der Waals surface area contributed by atoms with E-state index < -0.39 is 12.1 Å². The number of hydrogen-bond donors (Lipinski definition) is 1. The SMILES string of the molecule is C[C@H](OC(=O)c1cc2ccccc2cc1O)C(=O)N(C)c1ccccc1. The second kappa shape index (κ2) is 7.27. The first-order chi connectivity index (χ1) is 12.5. The summed E-state index contributed by atoms with van der Waals surface area (Å²) in [5.41, 5.74) is 0.736. The van der Waals surface area contributed by atoms with Crippen LogP contribution in [0, 0.1) is 0 Å². The Morgan fingerprint density at radius 2 is 1.54 bits per heavy atom. The van der Waals surface area contributed by atoms with Crippen LogP contribution in [0.15, 0.2) is 66.7 Å². The highest BCUT2D eigenvalue weighted by Gasteiger charge is 2.24. The molecule has 0 fully saturated rings. The Balaban J connectivity index is 1.77. The van der Waals surface area contributed by atoms with E-state index in [1.165, 1.54) is 17.9 Å². The van der Waals surface area contributed by atoms with Crippen LogP contribution in [0.3, 0.4) is 0 Å². The van der Waals surface area contributed by atoms with Gasteiger partial charge in [-0.15, -0.1) is 0 Å². The molecule has 26 heavy (non-hydrogen) atoms. The lowest BCUT2D eigenvalue weighted by molar-refractivity contribution is -0.126. The van der Waals surface area contributed by atoms with Crippen LogP contribution in [0.1, 0.15) is 17.3 Å². The predicted molar refractivity (Wildman–Crippen MR) is 100 cm³/mol. The monoisotopic (exact) mass is 349 g/mol. The van der Waals surface area contributed by atoms with Gasteiger partial charge in [-0.05, 0) is 42.0 Å². The summed E-state index contributed by atoms with van der Waals surface area (Å²) in [4.78, 5) is 26.4. The molecule has 0 saturated heterocycles. The molecule has 0 aliphatic rings. The summed E-state index contributed by atoms with van der Waals surface area (Å²) in [6.07, 6.45) is -0.987. The predicted octanol–water partition coefficient (Wildman–Crippen LogP) is 3.75. The second-order valence-corrected chi connectivity index (χ2v) is 6.00. The number of rotatable bonds is 4. The molecule has 1 atom stereocenters. The third kappa shape index (κ3) is 3.52. The van der Waals surface area contributed by atoms with Gasteiger partial charge in [-0.1, -0.05) is 42.5 Å². The van der Waals surface area contributed by atoms with Crippen molar-refractivity contribution in [2.75, 3.05) is 11.9 Å². The Morgan fingerprint density at radius 3 is 2.19 bits per heavy atom. The Kier molecular flexibility index (Phi) is 4.89. The molecular formula is C21H19NO4. The van der Waals surface area contributed by atoms with Crippen molar-refractivity contribution in [1.29, 1.82) is 0 Å². The number of benzene rings is 3. The molecule has 0 aliphatic carbocycles. The van der Waals surface area contributed by atoms with Gasteiger partial charge in [0.15, 0.2) is 6.10 Å². The summed E-state index contributed by atoms with van der Waals surface area (Å²) in [6, 6.07) is 19.5. The molecule has 0 heterocycles. The molecule has 3 aromatic carbocycles. The van der Waals surface area contributed by atoms with Gasteiger partial charge in [0.25, 0.3) is 5.91 Å². The third-order valence-corrected chi connectivity index (χ3v) is 4.19. The molecule has 1 amide bonds. The maximum Gasteiger partial charge on any atom is 0.342 e. The van der Waals surface area contributed by atoms with Gasteiger partial charge >= 0.3 is 5.97 Å². The summed E-state index contributed by atoms with van der Waals surface area (Å²) in [5.74, 6) is -1.27. The molecule has 0 aromatic heterocycles. The van der Waals surface area contributed by atoms with Gasteiger partial charge in [-0.2, -0.15) is 0 Å². The molecule has 0 radical (unpaired) electrons. The summed E-state index contributed by atoms with van der Waals surface area (Å²) < 4.78 is 5.28. The summed E-state index contributed by atoms with van der Waals surface area (Å²) in [6.45, 7) is 1.51. The zero-order valence-corrected chi connectivity index (χ0v) is 14.5. The topological polar surface area (TPSA) is 66.8 Å². The zero-order chi connectivity index (χ0) is 18.7. The van der Waals surface area contributed by atoms with Gasteiger partial charge < -0.3 is 14.7 Å². The largest absolute Gasteiger partial charge is 0.507 e. The van der Waals surface area contributed by atoms with Crippen molar-refractivity contribution in [2.45, 2.75) is 13.0 Å². The number of carbonyl (C=O) groups excluding carboxylic acids is 2. The molecule has 1 N–H and O–H groups in total. The number of hydrogen-bond acceptors (Lipinski definition) is 4. The number of esters is 1. The molecule has 0 aliphatic heterocycles. The molecule has 5 heteroatoms. The Morgan fingerprint density at radius 1 is 0.962 bits per heavy atom. The number of anilines is 1. The Bertz CT molecular complexity index is 953. The first-order valence-corrected chi connectivity index (χ1v) is 8.22. The van der Waals surface area contributed by atoms with E-state index in [9.17, 15) is 14.7 Å². The van der Waals surface area contributed by atoms with E-state index in [-0.39, 0.29) is 17.2 Å². The molecule has 3 rings (SSSR count). The van der Waals surface area contributed by atoms with E-state index in [1.807, 2.05) is 42.5 Å². The highest BCUT2D eigenvalue weighted by atomic mass is 16.5. The fourth-order valence-corrected chi connectivity index (χ4v) is 2.72. The second-order valence-electron chi connectivity index (χ2n) is 6.00. The highest BCUT2D eigenvalue weighted by molar-refractivity contribution is 6.01. The molecular weight excluding hydrogens is 330 g/mol. The number of amides is 1. The van der Waals surface area contributed by atoms with Crippen LogP contribution in [0.25, 0.3) is 10.8 Å². The van der Waals surface area contributed by atoms with Crippen molar-refractivity contribution in [3.63, 3.8) is 0 Å². The van der Waals surface area contributed by atoms with Crippen LogP contribution in [0.4, 0.5) is 5.69 Å². The van der Waals surface area contributed by atoms with Crippen LogP contribution in [0.5, 0.6) is 5.75 Å². The number of phenolic OH excluding ortho intramolecular Hbond substituents is 1. The zero-order valence-electron chi connectivity index (χ0n) is 14.5. The summed E-state index contributed by atoms with van der Waals surface area (Å²) in [5, 5.41) is 11.7. The van der Waals surface area contributed by atoms with Gasteiger partial charge in [0.1, 0.15) is 11.3 Å². The summed E-state index contributed by atoms with van der Waals surface area (Å²) >= 11 is 0. The standard InChI is InChI=1S/C21H19NO4/c1-14(20(24)22(2)17-10-4-3-5-11-17)26-21(25)18-12-15-8-6-7-9-16(15)13-19(18)23/h3-14,23H,1-2H3/t14-/m0/s1. The lowest BCUT2D eigenvalue weighted by Crippen LogP contribution is -2.37. The maximum absolute atomic E-state index is 12.5. The average Bonchev–Trinajstić information content (AvgIpc) is 2.66. The Hall–Kier alpha value is -3.34. The van der Waals surface area contributed by atoms with Crippen LogP contribution in [0.2, 0.25) is 0 Å². The molecule has 0 spiro atoms. The van der Waals surface area contributed by atoms with Gasteiger partial charge in [0.2, 0.25) is 0 Å². The summed E-state index contributed by atoms with van der Waals surface area (Å²) in [7, 11) is 1.62. The van der Waals surface area contributed by atoms with E-state index in [2.05, 4.69) is 0 Å². The number of ether oxygens (including phenoxy) is 1. The van der Waals surface area contributed by atoms with Gasteiger partial charge in [0.05, 0.1) is 0 Å². The number of para-hydroxylation sites is 1. The number of phenols is 1. The van der Waals surface area contributed by atoms with Crippen molar-refractivity contribution >= 4 is 28.3 Å². The number of fused-ring (bicyclic) bond motifs is 1. The molecule has 0 bridgehead atoms. The first-order valence-electron chi connectivity index (χ1n) is 8.22. The van der Waals surface area contributed by atoms with Crippen LogP contribution in [-0.2, 0) is 9.53 Å². The van der Waals surface area contributed by atoms with Crippen molar-refractivity contribution in [3.8, 4) is 5.75 Å². The van der Waals surface area contributed by atoms with Crippen LogP contribution < -0.4 is 4.90 Å². The van der Waals surface area contributed by atoms with Gasteiger partial charge in [-0.25, -0.2) is 4.79 Å². The van der Waals surface area contributed by atoms with Crippen LogP contribution in [-0.4, -0.2) is 30.1 Å². The van der Waals surface area contributed by atoms with E-state index in [1.54, 1.807) is 25.2 Å². The minimum absolute atomic E-state index is 0.0331. The van der Waals surface area contributed by atoms with E-state index in [0.29, 0.717) is 5.69 Å². The van der Waals surface area contributed by atoms with E-state index >= 15 is 0 Å². The van der Waals surface area contributed by atoms with E-state index in [4.69, 9.17) is 4.74 Å². The van der Waals surface area contributed by atoms with E-state index in [0.717, 1.165) is 10.8 Å². The number of nitrogens with zero attached hydrogens (tertiary/aromatic N) is 1. The normalized spacial score (nSPS) is 11.8. The molecule has 132 valence electrons. The Labute approximate surface area is 151 Å².